The second kappa shape index (κ2) is 8.23. The molecule has 0 aliphatic carbocycles. The van der Waals surface area contributed by atoms with Crippen molar-refractivity contribution in [3.63, 3.8) is 0 Å². The van der Waals surface area contributed by atoms with Crippen LogP contribution in [0, 0.1) is 0 Å². The highest BCUT2D eigenvalue weighted by Gasteiger charge is 2.21. The third-order valence-electron chi connectivity index (χ3n) is 4.88. The van der Waals surface area contributed by atoms with Gasteiger partial charge in [0, 0.05) is 69.8 Å². The van der Waals surface area contributed by atoms with E-state index >= 15 is 0 Å². The summed E-state index contributed by atoms with van der Waals surface area (Å²) in [4.78, 5) is 14.7. The lowest BCUT2D eigenvalue weighted by Gasteiger charge is -2.35. The molecule has 9 heteroatoms. The largest absolute Gasteiger partial charge is 0.478 e. The highest BCUT2D eigenvalue weighted by molar-refractivity contribution is 7.92. The summed E-state index contributed by atoms with van der Waals surface area (Å²) in [6, 6.07) is 8.03. The number of anilines is 1. The minimum absolute atomic E-state index is 0.221. The number of hydrogen-bond donors (Lipinski definition) is 1. The third kappa shape index (κ3) is 4.41. The Morgan fingerprint density at radius 3 is 2.90 bits per heavy atom. The van der Waals surface area contributed by atoms with Crippen LogP contribution in [-0.4, -0.2) is 64.1 Å². The van der Waals surface area contributed by atoms with Crippen LogP contribution in [0.2, 0.25) is 0 Å². The van der Waals surface area contributed by atoms with Gasteiger partial charge in [0.15, 0.2) is 5.82 Å². The molecule has 1 aliphatic heterocycles. The molecule has 0 amide bonds. The maximum Gasteiger partial charge on any atom is 0.215 e. The Morgan fingerprint density at radius 1 is 1.33 bits per heavy atom. The normalized spacial score (nSPS) is 17.3. The van der Waals surface area contributed by atoms with Crippen LogP contribution in [0.15, 0.2) is 34.8 Å². The van der Waals surface area contributed by atoms with E-state index in [0.29, 0.717) is 31.5 Å². The zero-order chi connectivity index (χ0) is 21.3. The monoisotopic (exact) mass is 429 g/mol. The molecule has 1 N–H and O–H groups in total. The van der Waals surface area contributed by atoms with Crippen molar-refractivity contribution in [3.05, 3.63) is 30.5 Å². The highest BCUT2D eigenvalue weighted by Crippen LogP contribution is 2.34. The molecule has 0 radical (unpaired) electrons. The predicted octanol–water partition coefficient (Wildman–Crippen LogP) is 3.61. The summed E-state index contributed by atoms with van der Waals surface area (Å²) < 4.78 is 28.0. The van der Waals surface area contributed by atoms with Crippen LogP contribution in [0.25, 0.3) is 22.3 Å². The summed E-state index contributed by atoms with van der Waals surface area (Å²) in [5, 5.41) is 0.942. The molecule has 1 atom stereocenters. The molecule has 0 aromatic carbocycles. The van der Waals surface area contributed by atoms with Gasteiger partial charge in [-0.2, -0.15) is 9.35 Å². The van der Waals surface area contributed by atoms with Crippen LogP contribution in [0.1, 0.15) is 13.8 Å². The Labute approximate surface area is 176 Å². The van der Waals surface area contributed by atoms with Crippen LogP contribution in [-0.2, 0) is 14.5 Å². The number of rotatable bonds is 5. The first kappa shape index (κ1) is 20.6. The molecule has 8 nitrogen and oxygen atoms in total. The summed E-state index contributed by atoms with van der Waals surface area (Å²) in [5.41, 5.74) is 3.34. The molecule has 0 spiro atoms. The molecule has 0 saturated carbocycles. The van der Waals surface area contributed by atoms with Crippen molar-refractivity contribution in [2.75, 3.05) is 43.8 Å². The second-order valence-electron chi connectivity index (χ2n) is 7.64. The van der Waals surface area contributed by atoms with Gasteiger partial charge in [0.05, 0.1) is 25.5 Å². The minimum atomic E-state index is -2.36. The van der Waals surface area contributed by atoms with Crippen molar-refractivity contribution in [2.45, 2.75) is 19.9 Å². The molecular weight excluding hydrogens is 402 g/mol. The summed E-state index contributed by atoms with van der Waals surface area (Å²) in [5.74, 6) is 0.984. The summed E-state index contributed by atoms with van der Waals surface area (Å²) in [7, 11) is -2.36. The Balaban J connectivity index is 1.92. The Morgan fingerprint density at radius 2 is 2.17 bits per heavy atom. The zero-order valence-electron chi connectivity index (χ0n) is 17.7. The van der Waals surface area contributed by atoms with E-state index in [1.165, 1.54) is 0 Å². The number of aromatic amines is 1. The Hall–Kier alpha value is -2.65. The number of nitrogens with zero attached hydrogens (tertiary/aromatic N) is 4. The molecular formula is C21H27N5O3S. The third-order valence-corrected chi connectivity index (χ3v) is 5.51. The van der Waals surface area contributed by atoms with Gasteiger partial charge in [0.1, 0.15) is 5.65 Å². The Kier molecular flexibility index (Phi) is 5.66. The van der Waals surface area contributed by atoms with Gasteiger partial charge in [0.25, 0.3) is 0 Å². The van der Waals surface area contributed by atoms with E-state index < -0.39 is 9.73 Å². The van der Waals surface area contributed by atoms with Crippen molar-refractivity contribution in [2.24, 2.45) is 4.36 Å². The molecule has 160 valence electrons. The maximum atomic E-state index is 12.4. The number of pyridine rings is 2. The molecule has 0 bridgehead atoms. The zero-order valence-corrected chi connectivity index (χ0v) is 18.5. The summed E-state index contributed by atoms with van der Waals surface area (Å²) in [6.07, 6.45) is 5.08. The lowest BCUT2D eigenvalue weighted by Crippen LogP contribution is -2.43. The van der Waals surface area contributed by atoms with Crippen molar-refractivity contribution in [1.29, 1.82) is 0 Å². The van der Waals surface area contributed by atoms with Crippen LogP contribution >= 0.6 is 0 Å². The van der Waals surface area contributed by atoms with E-state index in [1.807, 2.05) is 37.4 Å². The van der Waals surface area contributed by atoms with Gasteiger partial charge in [-0.3, -0.25) is 0 Å². The van der Waals surface area contributed by atoms with Gasteiger partial charge in [-0.15, -0.1) is 0 Å². The van der Waals surface area contributed by atoms with Crippen molar-refractivity contribution >= 4 is 32.3 Å². The molecule has 4 heterocycles. The van der Waals surface area contributed by atoms with Crippen molar-refractivity contribution in [1.82, 2.24) is 15.0 Å². The smallest absolute Gasteiger partial charge is 0.215 e. The maximum absolute atomic E-state index is 12.4. The number of fused-ring (bicyclic) bond motifs is 1. The topological polar surface area (TPSA) is 92.7 Å². The molecule has 3 aromatic rings. The molecule has 30 heavy (non-hydrogen) atoms. The van der Waals surface area contributed by atoms with Gasteiger partial charge in [-0.1, -0.05) is 0 Å². The molecule has 1 aliphatic rings. The van der Waals surface area contributed by atoms with Gasteiger partial charge < -0.3 is 19.4 Å². The number of ether oxygens (including phenoxy) is 2. The average Bonchev–Trinajstić information content (AvgIpc) is 3.15. The van der Waals surface area contributed by atoms with E-state index in [4.69, 9.17) is 14.5 Å². The number of aromatic nitrogens is 3. The van der Waals surface area contributed by atoms with Crippen LogP contribution in [0.3, 0.4) is 0 Å². The molecule has 4 rings (SSSR count). The average molecular weight is 430 g/mol. The Bertz CT molecular complexity index is 1170. The summed E-state index contributed by atoms with van der Waals surface area (Å²) >= 11 is 0. The molecule has 3 aromatic heterocycles. The first-order valence-electron chi connectivity index (χ1n) is 9.99. The first-order chi connectivity index (χ1) is 14.3. The van der Waals surface area contributed by atoms with E-state index in [9.17, 15) is 4.21 Å². The fraction of sp³-hybridized carbons (Fsp3) is 0.429. The quantitative estimate of drug-likeness (QED) is 0.666. The number of nitrogens with one attached hydrogen (secondary N) is 1. The van der Waals surface area contributed by atoms with Crippen LogP contribution in [0.5, 0.6) is 5.88 Å². The molecule has 1 fully saturated rings. The van der Waals surface area contributed by atoms with E-state index in [2.05, 4.69) is 26.2 Å². The van der Waals surface area contributed by atoms with E-state index in [0.717, 1.165) is 34.5 Å². The predicted molar refractivity (Wildman–Crippen MR) is 120 cm³/mol. The van der Waals surface area contributed by atoms with E-state index in [1.54, 1.807) is 12.5 Å². The van der Waals surface area contributed by atoms with Crippen molar-refractivity contribution < 1.29 is 13.7 Å². The molecule has 1 saturated heterocycles. The lowest BCUT2D eigenvalue weighted by molar-refractivity contribution is 0.0989. The standard InChI is InChI=1S/C21H27N5O3S/c1-5-29-20-12-17(16-6-7-22-21(16)24-20)18-10-15(26-8-9-28-13-14(26)2)11-19(23-18)25-30(3,4)27/h6-7,10-12,14H,5,8-9,13H2,1-4H3,(H,22,24)/t14-/m1/s1. The van der Waals surface area contributed by atoms with E-state index in [-0.39, 0.29) is 6.04 Å². The highest BCUT2D eigenvalue weighted by atomic mass is 32.2. The molecule has 0 unspecified atom stereocenters. The first-order valence-corrected chi connectivity index (χ1v) is 12.3. The lowest BCUT2D eigenvalue weighted by atomic mass is 10.1. The second-order valence-corrected chi connectivity index (χ2v) is 10.2. The number of morpholine rings is 1. The van der Waals surface area contributed by atoms with Gasteiger partial charge >= 0.3 is 0 Å². The fourth-order valence-electron chi connectivity index (χ4n) is 3.64. The fourth-order valence-corrected chi connectivity index (χ4v) is 4.18. The van der Waals surface area contributed by atoms with Gasteiger partial charge in [-0.05, 0) is 26.0 Å². The summed E-state index contributed by atoms with van der Waals surface area (Å²) in [6.45, 7) is 6.67. The number of hydrogen-bond acceptors (Lipinski definition) is 7. The van der Waals surface area contributed by atoms with Crippen molar-refractivity contribution in [3.8, 4) is 17.1 Å². The van der Waals surface area contributed by atoms with Crippen LogP contribution < -0.4 is 9.64 Å². The van der Waals surface area contributed by atoms with Gasteiger partial charge in [0.2, 0.25) is 5.88 Å². The number of H-pyrrole nitrogens is 1. The van der Waals surface area contributed by atoms with Crippen LogP contribution in [0.4, 0.5) is 11.5 Å². The van der Waals surface area contributed by atoms with Gasteiger partial charge in [-0.25, -0.2) is 9.19 Å². The minimum Gasteiger partial charge on any atom is -0.478 e. The SMILES string of the molecule is CCOc1cc(-c2cc(N3CCOC[C@H]3C)cc(N=S(C)(C)=O)n2)c2cc[nH]c2n1.